The number of carbonyl (C=O) groups is 2. The lowest BCUT2D eigenvalue weighted by Crippen LogP contribution is -2.51. The molecule has 1 fully saturated rings. The van der Waals surface area contributed by atoms with E-state index in [2.05, 4.69) is 9.88 Å². The Hall–Kier alpha value is -4.92. The van der Waals surface area contributed by atoms with Gasteiger partial charge in [-0.2, -0.15) is 0 Å². The Bertz CT molecular complexity index is 1540. The summed E-state index contributed by atoms with van der Waals surface area (Å²) >= 11 is 0. The fraction of sp³-hybridized carbons (Fsp3) is 0.273. The first kappa shape index (κ1) is 28.6. The van der Waals surface area contributed by atoms with E-state index in [0.29, 0.717) is 44.0 Å². The van der Waals surface area contributed by atoms with Crippen LogP contribution in [0, 0.1) is 6.92 Å². The molecule has 3 aromatic carbocycles. The molecule has 0 bridgehead atoms. The summed E-state index contributed by atoms with van der Waals surface area (Å²) in [5.74, 6) is 2.19. The van der Waals surface area contributed by atoms with Crippen LogP contribution in [0.4, 0.5) is 10.5 Å². The lowest BCUT2D eigenvalue weighted by Gasteiger charge is -2.34. The Kier molecular flexibility index (Phi) is 8.66. The van der Waals surface area contributed by atoms with Crippen LogP contribution in [0.5, 0.6) is 17.2 Å². The van der Waals surface area contributed by atoms with Gasteiger partial charge in [0.2, 0.25) is 0 Å². The molecule has 1 saturated heterocycles. The Morgan fingerprint density at radius 1 is 0.786 bits per heavy atom. The van der Waals surface area contributed by atoms with Crippen molar-refractivity contribution in [3.63, 3.8) is 0 Å². The molecule has 0 aliphatic carbocycles. The third-order valence-electron chi connectivity index (χ3n) is 7.45. The van der Waals surface area contributed by atoms with Crippen LogP contribution in [0.1, 0.15) is 23.0 Å². The van der Waals surface area contributed by atoms with Gasteiger partial charge in [-0.25, -0.2) is 4.79 Å². The summed E-state index contributed by atoms with van der Waals surface area (Å²) < 4.78 is 18.4. The fourth-order valence-electron chi connectivity index (χ4n) is 5.17. The van der Waals surface area contributed by atoms with Gasteiger partial charge < -0.3 is 33.9 Å². The number of piperazine rings is 1. The van der Waals surface area contributed by atoms with E-state index in [1.165, 1.54) is 0 Å². The molecule has 9 nitrogen and oxygen atoms in total. The number of nitrogens with zero attached hydrogens (tertiary/aromatic N) is 3. The molecule has 1 aliphatic heterocycles. The molecule has 0 saturated carbocycles. The average Bonchev–Trinajstić information content (AvgIpc) is 3.38. The lowest BCUT2D eigenvalue weighted by atomic mass is 10.1. The molecule has 0 radical (unpaired) electrons. The zero-order valence-corrected chi connectivity index (χ0v) is 24.4. The molecular formula is C33H36N4O5. The average molecular weight is 569 g/mol. The van der Waals surface area contributed by atoms with Gasteiger partial charge in [-0.3, -0.25) is 4.79 Å². The number of aromatic nitrogens is 1. The van der Waals surface area contributed by atoms with Crippen molar-refractivity contribution in [2.75, 3.05) is 52.3 Å². The molecule has 0 atom stereocenters. The molecule has 9 heteroatoms. The molecule has 2 heterocycles. The number of rotatable bonds is 8. The number of methoxy groups -OCH3 is 2. The number of nitrogens with one attached hydrogen (secondary N) is 1. The van der Waals surface area contributed by atoms with Crippen LogP contribution < -0.4 is 19.5 Å². The molecule has 0 spiro atoms. The quantitative estimate of drug-likeness (QED) is 0.288. The van der Waals surface area contributed by atoms with Gasteiger partial charge in [0.25, 0.3) is 5.91 Å². The molecule has 5 rings (SSSR count). The lowest BCUT2D eigenvalue weighted by molar-refractivity contribution is 0.0671. The van der Waals surface area contributed by atoms with E-state index in [0.717, 1.165) is 39.9 Å². The minimum atomic E-state index is -0.187. The smallest absolute Gasteiger partial charge is 0.321 e. The molecular weight excluding hydrogens is 532 g/mol. The summed E-state index contributed by atoms with van der Waals surface area (Å²) in [5, 5.41) is 2.94. The van der Waals surface area contributed by atoms with Crippen LogP contribution in [-0.4, -0.2) is 73.3 Å². The van der Waals surface area contributed by atoms with Crippen LogP contribution in [-0.2, 0) is 0 Å². The number of hydrogen-bond donors (Lipinski definition) is 1. The number of carbonyl (C=O) groups excluding carboxylic acids is 2. The highest BCUT2D eigenvalue weighted by molar-refractivity contribution is 5.98. The van der Waals surface area contributed by atoms with Crippen molar-refractivity contribution in [3.8, 4) is 34.2 Å². The molecule has 42 heavy (non-hydrogen) atoms. The summed E-state index contributed by atoms with van der Waals surface area (Å²) in [7, 11) is 3.28. The van der Waals surface area contributed by atoms with Crippen molar-refractivity contribution in [3.05, 3.63) is 90.1 Å². The highest BCUT2D eigenvalue weighted by Gasteiger charge is 2.28. The monoisotopic (exact) mass is 568 g/mol. The second-order valence-electron chi connectivity index (χ2n) is 9.96. The van der Waals surface area contributed by atoms with E-state index in [1.807, 2.05) is 97.6 Å². The molecule has 1 N–H and O–H groups in total. The second kappa shape index (κ2) is 12.7. The third kappa shape index (κ3) is 6.05. The van der Waals surface area contributed by atoms with Gasteiger partial charge in [0.15, 0.2) is 0 Å². The molecule has 218 valence electrons. The van der Waals surface area contributed by atoms with Crippen LogP contribution in [0.3, 0.4) is 0 Å². The topological polar surface area (TPSA) is 85.3 Å². The summed E-state index contributed by atoms with van der Waals surface area (Å²) in [4.78, 5) is 30.3. The second-order valence-corrected chi connectivity index (χ2v) is 9.96. The van der Waals surface area contributed by atoms with Gasteiger partial charge in [-0.15, -0.1) is 0 Å². The number of hydrogen-bond acceptors (Lipinski definition) is 5. The Morgan fingerprint density at radius 3 is 2.07 bits per heavy atom. The van der Waals surface area contributed by atoms with Crippen molar-refractivity contribution in [2.24, 2.45) is 0 Å². The van der Waals surface area contributed by atoms with Crippen molar-refractivity contribution < 1.29 is 23.8 Å². The van der Waals surface area contributed by atoms with Gasteiger partial charge >= 0.3 is 6.03 Å². The highest BCUT2D eigenvalue weighted by Crippen LogP contribution is 2.32. The maximum absolute atomic E-state index is 13.9. The van der Waals surface area contributed by atoms with Gasteiger partial charge in [-0.1, -0.05) is 6.07 Å². The van der Waals surface area contributed by atoms with Gasteiger partial charge in [0.1, 0.15) is 17.2 Å². The van der Waals surface area contributed by atoms with Crippen LogP contribution in [0.25, 0.3) is 16.9 Å². The van der Waals surface area contributed by atoms with Gasteiger partial charge in [0.05, 0.1) is 32.1 Å². The van der Waals surface area contributed by atoms with E-state index in [1.54, 1.807) is 19.1 Å². The summed E-state index contributed by atoms with van der Waals surface area (Å²) in [6.45, 7) is 6.24. The van der Waals surface area contributed by atoms with E-state index < -0.39 is 0 Å². The summed E-state index contributed by atoms with van der Waals surface area (Å²) in [6.07, 6.45) is 0. The normalized spacial score (nSPS) is 13.0. The van der Waals surface area contributed by atoms with Gasteiger partial charge in [0, 0.05) is 49.3 Å². The Morgan fingerprint density at radius 2 is 1.43 bits per heavy atom. The summed E-state index contributed by atoms with van der Waals surface area (Å²) in [6, 6.07) is 24.6. The molecule has 1 aliphatic rings. The fourth-order valence-corrected chi connectivity index (χ4v) is 5.17. The molecule has 0 unspecified atom stereocenters. The third-order valence-corrected chi connectivity index (χ3v) is 7.45. The standard InChI is InChI=1S/C33H36N4O5/c1-5-42-28-15-11-25(12-16-28)34-33(39)36-19-17-35(18-20-36)32(38)30-22-31(24-9-13-27(40-3)14-10-24)37(23(30)2)26-7-6-8-29(21-26)41-4/h6-16,21-22H,5,17-20H2,1-4H3,(H,34,39). The minimum absolute atomic E-state index is 0.0597. The van der Waals surface area contributed by atoms with Crippen LogP contribution in [0.15, 0.2) is 78.9 Å². The van der Waals surface area contributed by atoms with Crippen molar-refractivity contribution >= 4 is 17.6 Å². The number of anilines is 1. The van der Waals surface area contributed by atoms with E-state index in [4.69, 9.17) is 14.2 Å². The molecule has 4 aromatic rings. The predicted octanol–water partition coefficient (Wildman–Crippen LogP) is 5.86. The van der Waals surface area contributed by atoms with Crippen LogP contribution >= 0.6 is 0 Å². The predicted molar refractivity (Wildman–Crippen MR) is 163 cm³/mol. The number of urea groups is 1. The number of amides is 3. The minimum Gasteiger partial charge on any atom is -0.497 e. The number of benzene rings is 3. The van der Waals surface area contributed by atoms with Crippen LogP contribution in [0.2, 0.25) is 0 Å². The van der Waals surface area contributed by atoms with E-state index in [-0.39, 0.29) is 11.9 Å². The first-order chi connectivity index (χ1) is 20.4. The zero-order valence-electron chi connectivity index (χ0n) is 24.4. The van der Waals surface area contributed by atoms with E-state index in [9.17, 15) is 9.59 Å². The molecule has 3 amide bonds. The van der Waals surface area contributed by atoms with E-state index >= 15 is 0 Å². The maximum Gasteiger partial charge on any atom is 0.321 e. The van der Waals surface area contributed by atoms with Crippen molar-refractivity contribution in [1.29, 1.82) is 0 Å². The molecule has 1 aromatic heterocycles. The number of ether oxygens (including phenoxy) is 3. The van der Waals surface area contributed by atoms with Crippen molar-refractivity contribution in [2.45, 2.75) is 13.8 Å². The van der Waals surface area contributed by atoms with Crippen molar-refractivity contribution in [1.82, 2.24) is 14.4 Å². The zero-order chi connectivity index (χ0) is 29.6. The highest BCUT2D eigenvalue weighted by atomic mass is 16.5. The summed E-state index contributed by atoms with van der Waals surface area (Å²) in [5.41, 5.74) is 4.89. The SMILES string of the molecule is CCOc1ccc(NC(=O)N2CCN(C(=O)c3cc(-c4ccc(OC)cc4)n(-c4cccc(OC)c4)c3C)CC2)cc1. The Labute approximate surface area is 246 Å². The Balaban J connectivity index is 1.34. The first-order valence-corrected chi connectivity index (χ1v) is 14.0. The maximum atomic E-state index is 13.9. The first-order valence-electron chi connectivity index (χ1n) is 14.0. The largest absolute Gasteiger partial charge is 0.497 e. The van der Waals surface area contributed by atoms with Gasteiger partial charge in [-0.05, 0) is 86.1 Å².